The molecule has 1 aromatic carbocycles. The Kier molecular flexibility index (Phi) is 2.82. The largest absolute Gasteiger partial charge is 0.737 e. The first-order valence-electron chi connectivity index (χ1n) is 5.00. The van der Waals surface area contributed by atoms with E-state index in [-0.39, 0.29) is 17.9 Å². The average Bonchev–Trinajstić information content (AvgIpc) is 2.36. The predicted octanol–water partition coefficient (Wildman–Crippen LogP) is 0.873. The van der Waals surface area contributed by atoms with Gasteiger partial charge in [-0.3, -0.25) is 0 Å². The third-order valence-corrected chi connectivity index (χ3v) is 2.80. The molecular weight excluding hydrogens is 226 g/mol. The molecule has 1 aromatic rings. The lowest BCUT2D eigenvalue weighted by molar-refractivity contribution is -0.700. The lowest BCUT2D eigenvalue weighted by Crippen LogP contribution is -2.48. The minimum Gasteiger partial charge on any atom is -0.737 e. The van der Waals surface area contributed by atoms with Crippen molar-refractivity contribution in [3.63, 3.8) is 0 Å². The van der Waals surface area contributed by atoms with Crippen LogP contribution in [0.1, 0.15) is 11.1 Å². The van der Waals surface area contributed by atoms with E-state index in [9.17, 15) is 15.2 Å². The van der Waals surface area contributed by atoms with Gasteiger partial charge in [-0.25, -0.2) is 4.79 Å². The fraction of sp³-hybridized carbons (Fsp3) is 0.300. The van der Waals surface area contributed by atoms with Crippen LogP contribution in [0.15, 0.2) is 29.5 Å². The summed E-state index contributed by atoms with van der Waals surface area (Å²) < 4.78 is 0. The van der Waals surface area contributed by atoms with E-state index in [1.165, 1.54) is 0 Å². The topological polar surface area (TPSA) is 102 Å². The molecule has 1 unspecified atom stereocenters. The molecule has 0 bridgehead atoms. The Labute approximate surface area is 96.7 Å². The molecule has 0 saturated carbocycles. The first kappa shape index (κ1) is 11.2. The van der Waals surface area contributed by atoms with Crippen LogP contribution < -0.4 is 0 Å². The van der Waals surface area contributed by atoms with Crippen molar-refractivity contribution in [3.8, 4) is 0 Å². The second kappa shape index (κ2) is 4.28. The number of carboxylic acid groups (broad SMARTS) is 1. The summed E-state index contributed by atoms with van der Waals surface area (Å²) in [6, 6.07) is 6.15. The van der Waals surface area contributed by atoms with Crippen LogP contribution >= 0.6 is 0 Å². The van der Waals surface area contributed by atoms with Crippen LogP contribution in [-0.2, 0) is 17.8 Å². The standard InChI is InChI=1S/C10H11N3O4/c14-10(15)9-5-7-3-1-2-4-8(7)6-12(9)13(17)11-16/h1-4,9,16H,5-6H2,(H,14,15)/p-1/b13-11+. The van der Waals surface area contributed by atoms with Crippen LogP contribution in [0.25, 0.3) is 0 Å². The first-order valence-corrected chi connectivity index (χ1v) is 5.00. The number of hydrogen-bond acceptors (Lipinski definition) is 4. The first-order chi connectivity index (χ1) is 8.13. The molecule has 0 aliphatic carbocycles. The maximum absolute atomic E-state index is 11.2. The van der Waals surface area contributed by atoms with Crippen molar-refractivity contribution in [1.29, 1.82) is 0 Å². The second-order valence-electron chi connectivity index (χ2n) is 3.76. The van der Waals surface area contributed by atoms with Crippen molar-refractivity contribution in [3.05, 3.63) is 45.8 Å². The Morgan fingerprint density at radius 3 is 2.71 bits per heavy atom. The number of nitrogens with zero attached hydrogens (tertiary/aromatic N) is 3. The van der Waals surface area contributed by atoms with Crippen LogP contribution in [0, 0.1) is 10.4 Å². The van der Waals surface area contributed by atoms with Gasteiger partial charge in [0, 0.05) is 11.4 Å². The second-order valence-corrected chi connectivity index (χ2v) is 3.76. The maximum atomic E-state index is 11.2. The zero-order valence-electron chi connectivity index (χ0n) is 8.81. The van der Waals surface area contributed by atoms with Gasteiger partial charge in [0.05, 0.1) is 0 Å². The quantitative estimate of drug-likeness (QED) is 0.466. The van der Waals surface area contributed by atoms with E-state index in [2.05, 4.69) is 5.28 Å². The number of aliphatic carboxylic acids is 1. The van der Waals surface area contributed by atoms with Crippen molar-refractivity contribution < 1.29 is 14.9 Å². The molecule has 0 radical (unpaired) electrons. The molecule has 1 N–H and O–H groups in total. The minimum absolute atomic E-state index is 0.0718. The van der Waals surface area contributed by atoms with Crippen molar-refractivity contribution in [2.45, 2.75) is 19.0 Å². The molecule has 1 aliphatic rings. The fourth-order valence-electron chi connectivity index (χ4n) is 1.95. The van der Waals surface area contributed by atoms with E-state index in [1.807, 2.05) is 6.07 Å². The number of carbonyl (C=O) groups is 1. The molecule has 7 nitrogen and oxygen atoms in total. The lowest BCUT2D eigenvalue weighted by Gasteiger charge is -2.30. The highest BCUT2D eigenvalue weighted by molar-refractivity contribution is 5.74. The molecule has 0 saturated heterocycles. The number of rotatable bonds is 2. The van der Waals surface area contributed by atoms with E-state index in [0.717, 1.165) is 16.1 Å². The zero-order chi connectivity index (χ0) is 12.4. The third kappa shape index (κ3) is 1.99. The van der Waals surface area contributed by atoms with Crippen LogP contribution in [0.4, 0.5) is 0 Å². The van der Waals surface area contributed by atoms with Gasteiger partial charge in [-0.2, -0.15) is 0 Å². The van der Waals surface area contributed by atoms with Crippen molar-refractivity contribution in [2.24, 2.45) is 5.28 Å². The van der Waals surface area contributed by atoms with Crippen LogP contribution in [-0.4, -0.2) is 27.1 Å². The van der Waals surface area contributed by atoms with Gasteiger partial charge in [-0.05, 0) is 16.4 Å². The third-order valence-electron chi connectivity index (χ3n) is 2.80. The van der Waals surface area contributed by atoms with Crippen LogP contribution in [0.5, 0.6) is 0 Å². The monoisotopic (exact) mass is 236 g/mol. The Morgan fingerprint density at radius 1 is 1.47 bits per heavy atom. The minimum atomic E-state index is -1.15. The maximum Gasteiger partial charge on any atom is 0.332 e. The lowest BCUT2D eigenvalue weighted by atomic mass is 9.95. The highest BCUT2D eigenvalue weighted by Gasteiger charge is 2.36. The van der Waals surface area contributed by atoms with Crippen molar-refractivity contribution in [1.82, 2.24) is 5.01 Å². The van der Waals surface area contributed by atoms with Crippen molar-refractivity contribution >= 4 is 5.97 Å². The SMILES string of the molecule is O=C(O)C1Cc2ccccc2CN1/[N+]([O-])=N\[O-]. The molecule has 7 heteroatoms. The van der Waals surface area contributed by atoms with Gasteiger partial charge in [0.15, 0.2) is 6.04 Å². The van der Waals surface area contributed by atoms with Crippen molar-refractivity contribution in [2.75, 3.05) is 0 Å². The Hall–Kier alpha value is -2.31. The van der Waals surface area contributed by atoms with E-state index < -0.39 is 12.0 Å². The summed E-state index contributed by atoms with van der Waals surface area (Å²) in [5.74, 6) is -1.15. The summed E-state index contributed by atoms with van der Waals surface area (Å²) in [5, 5.41) is 33.5. The van der Waals surface area contributed by atoms with Crippen LogP contribution in [0.2, 0.25) is 0 Å². The number of hydrogen-bond donors (Lipinski definition) is 1. The molecule has 0 spiro atoms. The highest BCUT2D eigenvalue weighted by atomic mass is 16.6. The molecule has 1 heterocycles. The summed E-state index contributed by atoms with van der Waals surface area (Å²) in [6.45, 7) is 0.0718. The number of benzene rings is 1. The predicted molar refractivity (Wildman–Crippen MR) is 56.5 cm³/mol. The zero-order valence-corrected chi connectivity index (χ0v) is 8.81. The summed E-state index contributed by atoms with van der Waals surface area (Å²) in [4.78, 5) is 10.8. The summed E-state index contributed by atoms with van der Waals surface area (Å²) in [5.41, 5.74) is 1.70. The molecular formula is C10H10N3O4-. The summed E-state index contributed by atoms with van der Waals surface area (Å²) in [7, 11) is 0. The molecule has 1 atom stereocenters. The Balaban J connectivity index is 2.38. The molecule has 2 rings (SSSR count). The van der Waals surface area contributed by atoms with Gasteiger partial charge in [-0.1, -0.05) is 24.3 Å². The number of fused-ring (bicyclic) bond motifs is 1. The molecule has 0 aromatic heterocycles. The molecule has 0 amide bonds. The van der Waals surface area contributed by atoms with Gasteiger partial charge in [0.1, 0.15) is 6.54 Å². The Bertz CT molecular complexity index is 474. The van der Waals surface area contributed by atoms with Gasteiger partial charge < -0.3 is 15.5 Å². The van der Waals surface area contributed by atoms with Gasteiger partial charge >= 0.3 is 5.97 Å². The van der Waals surface area contributed by atoms with Gasteiger partial charge in [0.2, 0.25) is 0 Å². The van der Waals surface area contributed by atoms with Crippen LogP contribution in [0.3, 0.4) is 0 Å². The normalized spacial score (nSPS) is 19.9. The fourth-order valence-corrected chi connectivity index (χ4v) is 1.95. The van der Waals surface area contributed by atoms with E-state index in [4.69, 9.17) is 5.11 Å². The molecule has 1 aliphatic heterocycles. The smallest absolute Gasteiger partial charge is 0.332 e. The number of carboxylic acids is 1. The van der Waals surface area contributed by atoms with Gasteiger partial charge in [-0.15, -0.1) is 5.01 Å². The molecule has 0 fully saturated rings. The number of hydrazine groups is 1. The van der Waals surface area contributed by atoms with E-state index in [0.29, 0.717) is 0 Å². The van der Waals surface area contributed by atoms with Gasteiger partial charge in [0.25, 0.3) is 0 Å². The highest BCUT2D eigenvalue weighted by Crippen LogP contribution is 2.23. The van der Waals surface area contributed by atoms with E-state index in [1.54, 1.807) is 18.2 Å². The average molecular weight is 236 g/mol. The molecule has 90 valence electrons. The summed E-state index contributed by atoms with van der Waals surface area (Å²) in [6.07, 6.45) is 0.180. The molecule has 17 heavy (non-hydrogen) atoms. The Morgan fingerprint density at radius 2 is 2.12 bits per heavy atom. The summed E-state index contributed by atoms with van der Waals surface area (Å²) >= 11 is 0. The van der Waals surface area contributed by atoms with E-state index >= 15 is 0 Å².